The zero-order valence-electron chi connectivity index (χ0n) is 15.1. The summed E-state index contributed by atoms with van der Waals surface area (Å²) < 4.78 is 58.3. The zero-order valence-corrected chi connectivity index (χ0v) is 17.8. The molecule has 7 atom stereocenters. The van der Waals surface area contributed by atoms with E-state index in [2.05, 4.69) is 18.1 Å². The normalized spacial score (nSPS) is 35.6. The molecule has 3 unspecified atom stereocenters. The lowest BCUT2D eigenvalue weighted by Crippen LogP contribution is -2.45. The highest BCUT2D eigenvalue weighted by atomic mass is 31.3. The van der Waals surface area contributed by atoms with Gasteiger partial charge < -0.3 is 35.0 Å². The number of nitrogens with two attached hydrogens (primary N) is 1. The Morgan fingerprint density at radius 1 is 1.43 bits per heavy atom. The number of anilines is 1. The summed E-state index contributed by atoms with van der Waals surface area (Å²) in [5.74, 6) is -0.0523. The van der Waals surface area contributed by atoms with Crippen LogP contribution in [0.1, 0.15) is 13.2 Å². The van der Waals surface area contributed by atoms with Crippen molar-refractivity contribution in [2.24, 2.45) is 0 Å². The molecule has 2 saturated heterocycles. The van der Waals surface area contributed by atoms with Crippen LogP contribution in [0.2, 0.25) is 0 Å². The van der Waals surface area contributed by atoms with Gasteiger partial charge in [-0.05, 0) is 13.0 Å². The number of fused-ring (bicyclic) bond motifs is 2. The van der Waals surface area contributed by atoms with Gasteiger partial charge in [-0.3, -0.25) is 13.7 Å². The number of aromatic nitrogens is 2. The van der Waals surface area contributed by atoms with Crippen LogP contribution in [0.25, 0.3) is 0 Å². The number of phosphoric ester groups is 1. The van der Waals surface area contributed by atoms with Crippen molar-refractivity contribution in [2.45, 2.75) is 30.5 Å². The number of nitrogen functional groups attached to an aromatic ring is 1. The Bertz CT molecular complexity index is 1020. The fraction of sp³-hybridized carbons (Fsp3) is 0.636. The quantitative estimate of drug-likeness (QED) is 0.269. The van der Waals surface area contributed by atoms with Crippen LogP contribution < -0.4 is 11.4 Å². The lowest BCUT2D eigenvalue weighted by atomic mass is 9.92. The summed E-state index contributed by atoms with van der Waals surface area (Å²) in [6, 6.07) is 1.30. The number of hydrogen-bond donors (Lipinski definition) is 5. The van der Waals surface area contributed by atoms with E-state index in [1.807, 2.05) is 0 Å². The van der Waals surface area contributed by atoms with Crippen LogP contribution in [0.5, 0.6) is 0 Å². The minimum atomic E-state index is -5.41. The van der Waals surface area contributed by atoms with Crippen LogP contribution in [0.3, 0.4) is 0 Å². The molecule has 0 amide bonds. The number of rotatable bonds is 8. The van der Waals surface area contributed by atoms with Gasteiger partial charge in [0.1, 0.15) is 23.1 Å². The van der Waals surface area contributed by atoms with E-state index < -0.39 is 59.7 Å². The van der Waals surface area contributed by atoms with Gasteiger partial charge >= 0.3 is 29.6 Å². The molecule has 3 rings (SSSR count). The van der Waals surface area contributed by atoms with Gasteiger partial charge in [0.05, 0.1) is 13.2 Å². The predicted molar refractivity (Wildman–Crippen MR) is 95.1 cm³/mol. The monoisotopic (exact) mass is 493 g/mol. The molecular formula is C11H18N3O13P3. The third kappa shape index (κ3) is 4.46. The number of nitrogens with zero attached hydrogens (tertiary/aromatic N) is 2. The summed E-state index contributed by atoms with van der Waals surface area (Å²) in [5, 5.41) is 10.7. The maximum atomic E-state index is 12.1. The second-order valence-electron chi connectivity index (χ2n) is 6.60. The standard InChI is InChI=1S/C11H18N3O13P3/c1-10-7(15)11(4-23-10,25-8(10)14-3-2-6(12)13-9(14)16)5-24-29(19,20)27-30(21,22)26-28(17)18/h2-3,7-8,15,28H,4-5H2,1H3,(H,17,18)(H,19,20)(H,21,22)(H2,12,13,16)/t7-,8+,10+,11+/m0/s1. The molecule has 0 spiro atoms. The van der Waals surface area contributed by atoms with Crippen LogP contribution in [-0.2, 0) is 36.3 Å². The number of phosphoric acid groups is 2. The molecule has 1 aromatic heterocycles. The molecule has 30 heavy (non-hydrogen) atoms. The minimum Gasteiger partial charge on any atom is -0.387 e. The number of hydrogen-bond acceptors (Lipinski definition) is 12. The van der Waals surface area contributed by atoms with Gasteiger partial charge in [0.25, 0.3) is 0 Å². The maximum Gasteiger partial charge on any atom is 0.488 e. The predicted octanol–water partition coefficient (Wildman–Crippen LogP) is -1.12. The highest BCUT2D eigenvalue weighted by molar-refractivity contribution is 7.64. The lowest BCUT2D eigenvalue weighted by molar-refractivity contribution is -0.212. The number of aliphatic hydroxyl groups excluding tert-OH is 1. The maximum absolute atomic E-state index is 12.1. The van der Waals surface area contributed by atoms with E-state index in [0.29, 0.717) is 0 Å². The van der Waals surface area contributed by atoms with Crippen LogP contribution in [0.15, 0.2) is 17.1 Å². The van der Waals surface area contributed by atoms with Crippen molar-refractivity contribution in [3.63, 3.8) is 0 Å². The highest BCUT2D eigenvalue weighted by Gasteiger charge is 2.69. The van der Waals surface area contributed by atoms with E-state index >= 15 is 0 Å². The van der Waals surface area contributed by atoms with E-state index in [-0.39, 0.29) is 12.4 Å². The van der Waals surface area contributed by atoms with Gasteiger partial charge in [-0.25, -0.2) is 18.2 Å². The molecule has 0 aliphatic carbocycles. The summed E-state index contributed by atoms with van der Waals surface area (Å²) >= 11 is 0. The summed E-state index contributed by atoms with van der Waals surface area (Å²) in [7, 11) is -14.7. The first-order valence-electron chi connectivity index (χ1n) is 7.98. The van der Waals surface area contributed by atoms with Gasteiger partial charge in [-0.2, -0.15) is 9.29 Å². The molecule has 3 heterocycles. The molecule has 16 nitrogen and oxygen atoms in total. The molecule has 0 radical (unpaired) electrons. The van der Waals surface area contributed by atoms with Crippen molar-refractivity contribution in [3.05, 3.63) is 22.7 Å². The largest absolute Gasteiger partial charge is 0.488 e. The van der Waals surface area contributed by atoms with Crippen molar-refractivity contribution >= 4 is 29.7 Å². The van der Waals surface area contributed by atoms with Crippen LogP contribution in [-0.4, -0.2) is 59.9 Å². The molecule has 0 aromatic carbocycles. The van der Waals surface area contributed by atoms with Crippen LogP contribution in [0.4, 0.5) is 5.82 Å². The smallest absolute Gasteiger partial charge is 0.387 e. The fourth-order valence-corrected chi connectivity index (χ4v) is 5.99. The van der Waals surface area contributed by atoms with E-state index in [1.54, 1.807) is 0 Å². The van der Waals surface area contributed by atoms with E-state index in [9.17, 15) is 33.4 Å². The molecule has 170 valence electrons. The van der Waals surface area contributed by atoms with E-state index in [0.717, 1.165) is 4.57 Å². The van der Waals surface area contributed by atoms with Crippen molar-refractivity contribution in [2.75, 3.05) is 18.9 Å². The number of aliphatic hydroxyl groups is 1. The first-order valence-corrected chi connectivity index (χ1v) is 12.2. The minimum absolute atomic E-state index is 0.0523. The Balaban J connectivity index is 1.78. The SMILES string of the molecule is C[C@]12OC[C@](COP(=O)(O)OP(=O)(O)O[PH](=O)O)(O[C@H]1n1ccc(N)nc1=O)[C@H]2O. The van der Waals surface area contributed by atoms with Crippen molar-refractivity contribution in [1.82, 2.24) is 9.55 Å². The van der Waals surface area contributed by atoms with Crippen molar-refractivity contribution in [3.8, 4) is 0 Å². The summed E-state index contributed by atoms with van der Waals surface area (Å²) in [5.41, 5.74) is 1.37. The Morgan fingerprint density at radius 2 is 2.10 bits per heavy atom. The van der Waals surface area contributed by atoms with Gasteiger partial charge in [0, 0.05) is 6.20 Å². The molecule has 6 N–H and O–H groups in total. The Kier molecular flexibility index (Phi) is 6.20. The van der Waals surface area contributed by atoms with Crippen molar-refractivity contribution < 1.29 is 56.1 Å². The summed E-state index contributed by atoms with van der Waals surface area (Å²) in [4.78, 5) is 43.0. The van der Waals surface area contributed by atoms with Crippen LogP contribution in [0, 0.1) is 0 Å². The molecule has 1 aromatic rings. The average Bonchev–Trinajstić information content (AvgIpc) is 2.95. The molecular weight excluding hydrogens is 475 g/mol. The second kappa shape index (κ2) is 7.85. The first-order chi connectivity index (χ1) is 13.7. The van der Waals surface area contributed by atoms with E-state index in [1.165, 1.54) is 19.2 Å². The van der Waals surface area contributed by atoms with Gasteiger partial charge in [0.2, 0.25) is 0 Å². The van der Waals surface area contributed by atoms with Crippen molar-refractivity contribution in [1.29, 1.82) is 0 Å². The summed E-state index contributed by atoms with van der Waals surface area (Å²) in [6.45, 7) is 0.194. The molecule has 2 bridgehead atoms. The summed E-state index contributed by atoms with van der Waals surface area (Å²) in [6.07, 6.45) is -1.45. The molecule has 0 saturated carbocycles. The van der Waals surface area contributed by atoms with Gasteiger partial charge in [0.15, 0.2) is 6.23 Å². The lowest BCUT2D eigenvalue weighted by Gasteiger charge is -2.34. The molecule has 2 aliphatic heterocycles. The molecule has 19 heteroatoms. The highest BCUT2D eigenvalue weighted by Crippen LogP contribution is 2.64. The third-order valence-corrected chi connectivity index (χ3v) is 8.14. The molecule has 2 fully saturated rings. The second-order valence-corrected chi connectivity index (χ2v) is 10.6. The van der Waals surface area contributed by atoms with Gasteiger partial charge in [-0.1, -0.05) is 0 Å². The topological polar surface area (TPSA) is 239 Å². The average molecular weight is 493 g/mol. The fourth-order valence-electron chi connectivity index (χ4n) is 3.15. The van der Waals surface area contributed by atoms with E-state index in [4.69, 9.17) is 20.1 Å². The first kappa shape index (κ1) is 23.7. The zero-order chi connectivity index (χ0) is 22.5. The Labute approximate surface area is 168 Å². The Morgan fingerprint density at radius 3 is 2.70 bits per heavy atom. The number of ether oxygens (including phenoxy) is 2. The molecule has 2 aliphatic rings. The third-order valence-electron chi connectivity index (χ3n) is 4.48. The Hall–Kier alpha value is -0.990. The van der Waals surface area contributed by atoms with Gasteiger partial charge in [-0.15, -0.1) is 0 Å². The van der Waals surface area contributed by atoms with Crippen LogP contribution >= 0.6 is 23.9 Å².